The molecule has 1 aliphatic rings. The van der Waals surface area contributed by atoms with Crippen molar-refractivity contribution >= 4 is 44.4 Å². The number of benzene rings is 2. The van der Waals surface area contributed by atoms with Crippen LogP contribution in [0.4, 0.5) is 5.69 Å². The van der Waals surface area contributed by atoms with Gasteiger partial charge >= 0.3 is 0 Å². The number of para-hydroxylation sites is 1. The average Bonchev–Trinajstić information content (AvgIpc) is 3.05. The molecule has 0 radical (unpaired) electrons. The van der Waals surface area contributed by atoms with E-state index in [1.165, 1.54) is 17.4 Å². The van der Waals surface area contributed by atoms with Crippen LogP contribution in [0, 0.1) is 11.3 Å². The molecular formula is C19H11ClN2O3S2. The maximum atomic E-state index is 12.6. The number of hydrogen-bond donors (Lipinski definition) is 1. The Labute approximate surface area is 164 Å². The second-order valence-corrected chi connectivity index (χ2v) is 9.42. The van der Waals surface area contributed by atoms with Crippen molar-refractivity contribution in [1.82, 2.24) is 0 Å². The molecule has 1 aliphatic heterocycles. The standard InChI is InChI=1S/C19H11ClN2O3S2/c20-13-5-6-14-17(8-13)27(24,25)10-12-7-16(26-18(12)14)19(23)22-15-4-2-1-3-11(15)9-21/h1-8H,10H2,(H,22,23). The fourth-order valence-electron chi connectivity index (χ4n) is 2.97. The Morgan fingerprint density at radius 3 is 2.74 bits per heavy atom. The first kappa shape index (κ1) is 17.7. The first-order valence-corrected chi connectivity index (χ1v) is 10.7. The molecule has 0 fully saturated rings. The van der Waals surface area contributed by atoms with Crippen LogP contribution in [0.15, 0.2) is 53.4 Å². The minimum atomic E-state index is -3.51. The third-order valence-corrected chi connectivity index (χ3v) is 7.34. The molecule has 4 rings (SSSR count). The molecule has 134 valence electrons. The highest BCUT2D eigenvalue weighted by atomic mass is 35.5. The highest BCUT2D eigenvalue weighted by Gasteiger charge is 2.31. The number of rotatable bonds is 2. The average molecular weight is 415 g/mol. The van der Waals surface area contributed by atoms with E-state index in [1.54, 1.807) is 42.5 Å². The van der Waals surface area contributed by atoms with Gasteiger partial charge in [-0.15, -0.1) is 11.3 Å². The highest BCUT2D eigenvalue weighted by molar-refractivity contribution is 7.91. The van der Waals surface area contributed by atoms with E-state index in [0.29, 0.717) is 32.3 Å². The predicted molar refractivity (Wildman–Crippen MR) is 105 cm³/mol. The molecule has 0 atom stereocenters. The van der Waals surface area contributed by atoms with E-state index in [0.717, 1.165) is 4.88 Å². The fourth-order valence-corrected chi connectivity index (χ4v) is 6.08. The Balaban J connectivity index is 1.74. The number of nitrogens with one attached hydrogen (secondary N) is 1. The van der Waals surface area contributed by atoms with E-state index in [1.807, 2.05) is 6.07 Å². The number of hydrogen-bond acceptors (Lipinski definition) is 5. The van der Waals surface area contributed by atoms with Crippen LogP contribution < -0.4 is 5.32 Å². The zero-order valence-corrected chi connectivity index (χ0v) is 16.1. The van der Waals surface area contributed by atoms with E-state index in [-0.39, 0.29) is 16.6 Å². The van der Waals surface area contributed by atoms with Gasteiger partial charge in [0.1, 0.15) is 6.07 Å². The van der Waals surface area contributed by atoms with Gasteiger partial charge in [-0.05, 0) is 35.9 Å². The lowest BCUT2D eigenvalue weighted by Crippen LogP contribution is -2.12. The number of nitrogens with zero attached hydrogens (tertiary/aromatic N) is 1. The van der Waals surface area contributed by atoms with Gasteiger partial charge in [0.15, 0.2) is 9.84 Å². The van der Waals surface area contributed by atoms with Crippen molar-refractivity contribution in [3.63, 3.8) is 0 Å². The smallest absolute Gasteiger partial charge is 0.265 e. The van der Waals surface area contributed by atoms with Crippen LogP contribution in [0.2, 0.25) is 5.02 Å². The predicted octanol–water partition coefficient (Wildman–Crippen LogP) is 4.48. The molecule has 5 nitrogen and oxygen atoms in total. The second kappa shape index (κ2) is 6.50. The molecule has 0 spiro atoms. The molecule has 0 bridgehead atoms. The largest absolute Gasteiger partial charge is 0.320 e. The summed E-state index contributed by atoms with van der Waals surface area (Å²) in [6.45, 7) is 0. The molecular weight excluding hydrogens is 404 g/mol. The number of carbonyl (C=O) groups is 1. The quantitative estimate of drug-likeness (QED) is 0.669. The normalized spacial score (nSPS) is 13.9. The monoisotopic (exact) mass is 414 g/mol. The number of halogens is 1. The van der Waals surface area contributed by atoms with Crippen LogP contribution in [0.3, 0.4) is 0 Å². The van der Waals surface area contributed by atoms with Gasteiger partial charge in [0, 0.05) is 15.5 Å². The SMILES string of the molecule is N#Cc1ccccc1NC(=O)c1cc2c(s1)-c1ccc(Cl)cc1S(=O)(=O)C2. The number of carbonyl (C=O) groups excluding carboxylic acids is 1. The van der Waals surface area contributed by atoms with Crippen LogP contribution in [0.1, 0.15) is 20.8 Å². The Bertz CT molecular complexity index is 1240. The Morgan fingerprint density at radius 2 is 1.96 bits per heavy atom. The summed E-state index contributed by atoms with van der Waals surface area (Å²) in [5.41, 5.74) is 1.92. The van der Waals surface area contributed by atoms with Gasteiger partial charge in [-0.1, -0.05) is 29.8 Å². The summed E-state index contributed by atoms with van der Waals surface area (Å²) < 4.78 is 25.1. The number of thiophene rings is 1. The second-order valence-electron chi connectivity index (χ2n) is 5.98. The van der Waals surface area contributed by atoms with E-state index in [2.05, 4.69) is 5.32 Å². The maximum Gasteiger partial charge on any atom is 0.265 e. The Morgan fingerprint density at radius 1 is 1.19 bits per heavy atom. The van der Waals surface area contributed by atoms with Gasteiger partial charge in [0.2, 0.25) is 0 Å². The molecule has 1 N–H and O–H groups in total. The topological polar surface area (TPSA) is 87.0 Å². The van der Waals surface area contributed by atoms with Gasteiger partial charge in [-0.2, -0.15) is 5.26 Å². The molecule has 2 heterocycles. The molecule has 0 aliphatic carbocycles. The number of nitriles is 1. The molecule has 8 heteroatoms. The van der Waals surface area contributed by atoms with Crippen molar-refractivity contribution in [3.8, 4) is 16.5 Å². The molecule has 3 aromatic rings. The van der Waals surface area contributed by atoms with Crippen LogP contribution in [-0.2, 0) is 15.6 Å². The molecule has 27 heavy (non-hydrogen) atoms. The van der Waals surface area contributed by atoms with Crippen LogP contribution >= 0.6 is 22.9 Å². The highest BCUT2D eigenvalue weighted by Crippen LogP contribution is 2.43. The lowest BCUT2D eigenvalue weighted by molar-refractivity contribution is 0.103. The summed E-state index contributed by atoms with van der Waals surface area (Å²) in [6.07, 6.45) is 0. The molecule has 0 saturated carbocycles. The Hall–Kier alpha value is -2.66. The number of fused-ring (bicyclic) bond motifs is 3. The van der Waals surface area contributed by atoms with Crippen LogP contribution in [-0.4, -0.2) is 14.3 Å². The van der Waals surface area contributed by atoms with Crippen LogP contribution in [0.5, 0.6) is 0 Å². The van der Waals surface area contributed by atoms with Crippen molar-refractivity contribution in [3.05, 3.63) is 69.6 Å². The minimum Gasteiger partial charge on any atom is -0.320 e. The summed E-state index contributed by atoms with van der Waals surface area (Å²) in [6, 6.07) is 15.1. The van der Waals surface area contributed by atoms with Crippen molar-refractivity contribution < 1.29 is 13.2 Å². The van der Waals surface area contributed by atoms with Gasteiger partial charge in [0.05, 0.1) is 26.8 Å². The third-order valence-electron chi connectivity index (χ3n) is 4.20. The lowest BCUT2D eigenvalue weighted by Gasteiger charge is -2.16. The fraction of sp³-hybridized carbons (Fsp3) is 0.0526. The van der Waals surface area contributed by atoms with Gasteiger partial charge in [0.25, 0.3) is 5.91 Å². The van der Waals surface area contributed by atoms with Gasteiger partial charge in [-0.3, -0.25) is 4.79 Å². The van der Waals surface area contributed by atoms with Crippen molar-refractivity contribution in [2.24, 2.45) is 0 Å². The van der Waals surface area contributed by atoms with E-state index < -0.39 is 9.84 Å². The number of sulfone groups is 1. The zero-order chi connectivity index (χ0) is 19.2. The molecule has 0 unspecified atom stereocenters. The van der Waals surface area contributed by atoms with E-state index in [9.17, 15) is 13.2 Å². The third kappa shape index (κ3) is 3.12. The summed E-state index contributed by atoms with van der Waals surface area (Å²) in [4.78, 5) is 14.0. The first-order chi connectivity index (χ1) is 12.9. The zero-order valence-electron chi connectivity index (χ0n) is 13.7. The summed E-state index contributed by atoms with van der Waals surface area (Å²) in [5, 5.41) is 12.2. The minimum absolute atomic E-state index is 0.172. The van der Waals surface area contributed by atoms with Gasteiger partial charge < -0.3 is 5.32 Å². The Kier molecular flexibility index (Phi) is 4.27. The summed E-state index contributed by atoms with van der Waals surface area (Å²) >= 11 is 7.18. The van der Waals surface area contributed by atoms with Gasteiger partial charge in [-0.25, -0.2) is 8.42 Å². The molecule has 0 saturated heterocycles. The van der Waals surface area contributed by atoms with E-state index >= 15 is 0 Å². The summed E-state index contributed by atoms with van der Waals surface area (Å²) in [7, 11) is -3.51. The molecule has 2 aromatic carbocycles. The first-order valence-electron chi connectivity index (χ1n) is 7.85. The lowest BCUT2D eigenvalue weighted by atomic mass is 10.1. The number of amides is 1. The van der Waals surface area contributed by atoms with Crippen molar-refractivity contribution in [2.75, 3.05) is 5.32 Å². The maximum absolute atomic E-state index is 12.6. The van der Waals surface area contributed by atoms with E-state index in [4.69, 9.17) is 16.9 Å². The summed E-state index contributed by atoms with van der Waals surface area (Å²) in [5.74, 6) is -0.557. The van der Waals surface area contributed by atoms with Crippen molar-refractivity contribution in [1.29, 1.82) is 5.26 Å². The molecule has 1 amide bonds. The van der Waals surface area contributed by atoms with Crippen LogP contribution in [0.25, 0.3) is 10.4 Å². The molecule has 1 aromatic heterocycles. The van der Waals surface area contributed by atoms with Crippen molar-refractivity contribution in [2.45, 2.75) is 10.6 Å². The number of anilines is 1.